The topological polar surface area (TPSA) is 55.4 Å². The minimum absolute atomic E-state index is 0.173. The lowest BCUT2D eigenvalue weighted by Crippen LogP contribution is -2.34. The zero-order chi connectivity index (χ0) is 12.1. The monoisotopic (exact) mass is 237 g/mol. The lowest BCUT2D eigenvalue weighted by Gasteiger charge is -2.20. The molecule has 2 atom stereocenters. The lowest BCUT2D eigenvalue weighted by atomic mass is 10.2. The first kappa shape index (κ1) is 12.1. The van der Waals surface area contributed by atoms with Crippen molar-refractivity contribution in [1.82, 2.24) is 10.3 Å². The quantitative estimate of drug-likeness (QED) is 0.796. The van der Waals surface area contributed by atoms with Gasteiger partial charge in [0, 0.05) is 26.4 Å². The highest BCUT2D eigenvalue weighted by Gasteiger charge is 2.27. The van der Waals surface area contributed by atoms with E-state index in [1.54, 1.807) is 13.3 Å². The summed E-state index contributed by atoms with van der Waals surface area (Å²) in [4.78, 5) is 4.31. The highest BCUT2D eigenvalue weighted by atomic mass is 16.5. The fraction of sp³-hybridized carbons (Fsp3) is 0.583. The van der Waals surface area contributed by atoms with Gasteiger partial charge in [0.2, 0.25) is 0 Å². The normalized spacial score (nSPS) is 23.6. The number of nitrogens with one attached hydrogen (secondary N) is 2. The second-order valence-corrected chi connectivity index (χ2v) is 3.97. The van der Waals surface area contributed by atoms with Gasteiger partial charge in [0.05, 0.1) is 18.8 Å². The maximum absolute atomic E-state index is 5.53. The van der Waals surface area contributed by atoms with Gasteiger partial charge in [0.1, 0.15) is 0 Å². The van der Waals surface area contributed by atoms with Crippen LogP contribution in [0, 0.1) is 0 Å². The molecule has 94 valence electrons. The predicted molar refractivity (Wildman–Crippen MR) is 66.5 cm³/mol. The minimum Gasteiger partial charge on any atom is -0.490 e. The SMILES string of the molecule is CCOc1cccnc1NC1CNC[C@@H]1OC. The highest BCUT2D eigenvalue weighted by Crippen LogP contribution is 2.23. The molecule has 0 aromatic carbocycles. The Morgan fingerprint density at radius 1 is 1.53 bits per heavy atom. The zero-order valence-electron chi connectivity index (χ0n) is 10.3. The summed E-state index contributed by atoms with van der Waals surface area (Å²) >= 11 is 0. The largest absolute Gasteiger partial charge is 0.490 e. The van der Waals surface area contributed by atoms with Crippen molar-refractivity contribution in [3.05, 3.63) is 18.3 Å². The van der Waals surface area contributed by atoms with Crippen molar-refractivity contribution in [3.8, 4) is 5.75 Å². The van der Waals surface area contributed by atoms with Crippen molar-refractivity contribution in [2.24, 2.45) is 0 Å². The van der Waals surface area contributed by atoms with Crippen molar-refractivity contribution in [2.45, 2.75) is 19.1 Å². The number of hydrogen-bond acceptors (Lipinski definition) is 5. The van der Waals surface area contributed by atoms with E-state index in [4.69, 9.17) is 9.47 Å². The summed E-state index contributed by atoms with van der Waals surface area (Å²) in [6.07, 6.45) is 1.93. The lowest BCUT2D eigenvalue weighted by molar-refractivity contribution is 0.111. The van der Waals surface area contributed by atoms with E-state index in [1.807, 2.05) is 19.1 Å². The number of anilines is 1. The number of methoxy groups -OCH3 is 1. The summed E-state index contributed by atoms with van der Waals surface area (Å²) in [5, 5.41) is 6.66. The van der Waals surface area contributed by atoms with Gasteiger partial charge in [0.25, 0.3) is 0 Å². The molecule has 0 aliphatic carbocycles. The van der Waals surface area contributed by atoms with Crippen molar-refractivity contribution in [3.63, 3.8) is 0 Å². The van der Waals surface area contributed by atoms with E-state index >= 15 is 0 Å². The van der Waals surface area contributed by atoms with Crippen molar-refractivity contribution < 1.29 is 9.47 Å². The molecule has 2 heterocycles. The van der Waals surface area contributed by atoms with Crippen LogP contribution in [0.25, 0.3) is 0 Å². The maximum Gasteiger partial charge on any atom is 0.169 e. The first-order valence-corrected chi connectivity index (χ1v) is 5.93. The molecule has 0 radical (unpaired) electrons. The average Bonchev–Trinajstić information content (AvgIpc) is 2.79. The van der Waals surface area contributed by atoms with Gasteiger partial charge in [-0.2, -0.15) is 0 Å². The number of hydrogen-bond donors (Lipinski definition) is 2. The Morgan fingerprint density at radius 2 is 2.41 bits per heavy atom. The molecule has 1 aliphatic rings. The molecule has 1 saturated heterocycles. The van der Waals surface area contributed by atoms with Crippen molar-refractivity contribution in [1.29, 1.82) is 0 Å². The predicted octanol–water partition coefficient (Wildman–Crippen LogP) is 0.879. The molecule has 5 nitrogen and oxygen atoms in total. The molecule has 1 aromatic rings. The van der Waals surface area contributed by atoms with Crippen LogP contribution in [0.15, 0.2) is 18.3 Å². The fourth-order valence-corrected chi connectivity index (χ4v) is 1.99. The van der Waals surface area contributed by atoms with E-state index < -0.39 is 0 Å². The van der Waals surface area contributed by atoms with Crippen LogP contribution in [-0.4, -0.2) is 43.9 Å². The van der Waals surface area contributed by atoms with Gasteiger partial charge in [-0.25, -0.2) is 4.98 Å². The van der Waals surface area contributed by atoms with E-state index in [0.29, 0.717) is 6.61 Å². The third-order valence-corrected chi connectivity index (χ3v) is 2.85. The summed E-state index contributed by atoms with van der Waals surface area (Å²) in [7, 11) is 1.73. The summed E-state index contributed by atoms with van der Waals surface area (Å²) in [6, 6.07) is 4.02. The summed E-state index contributed by atoms with van der Waals surface area (Å²) in [6.45, 7) is 4.34. The van der Waals surface area contributed by atoms with Crippen LogP contribution in [0.2, 0.25) is 0 Å². The van der Waals surface area contributed by atoms with Crippen LogP contribution in [0.3, 0.4) is 0 Å². The molecule has 1 aromatic heterocycles. The molecule has 1 fully saturated rings. The van der Waals surface area contributed by atoms with E-state index in [9.17, 15) is 0 Å². The van der Waals surface area contributed by atoms with Crippen LogP contribution in [0.4, 0.5) is 5.82 Å². The second-order valence-electron chi connectivity index (χ2n) is 3.97. The Balaban J connectivity index is 2.07. The second kappa shape index (κ2) is 5.84. The first-order valence-electron chi connectivity index (χ1n) is 5.93. The molecule has 0 saturated carbocycles. The molecule has 1 aliphatic heterocycles. The summed E-state index contributed by atoms with van der Waals surface area (Å²) in [5.74, 6) is 1.57. The molecular weight excluding hydrogens is 218 g/mol. The van der Waals surface area contributed by atoms with Crippen LogP contribution < -0.4 is 15.4 Å². The Kier molecular flexibility index (Phi) is 4.17. The standard InChI is InChI=1S/C12H19N3O2/c1-3-17-10-5-4-6-14-12(10)15-9-7-13-8-11(9)16-2/h4-6,9,11,13H,3,7-8H2,1-2H3,(H,14,15)/t9?,11-/m0/s1. The molecule has 1 unspecified atom stereocenters. The Labute approximate surface area is 102 Å². The summed E-state index contributed by atoms with van der Waals surface area (Å²) < 4.78 is 10.9. The maximum atomic E-state index is 5.53. The Hall–Kier alpha value is -1.33. The van der Waals surface area contributed by atoms with Gasteiger partial charge in [-0.05, 0) is 19.1 Å². The van der Waals surface area contributed by atoms with Crippen molar-refractivity contribution >= 4 is 5.82 Å². The van der Waals surface area contributed by atoms with Crippen LogP contribution in [-0.2, 0) is 4.74 Å². The number of rotatable bonds is 5. The number of ether oxygens (including phenoxy) is 2. The third kappa shape index (κ3) is 2.87. The number of pyridine rings is 1. The van der Waals surface area contributed by atoms with Gasteiger partial charge >= 0.3 is 0 Å². The first-order chi connectivity index (χ1) is 8.35. The van der Waals surface area contributed by atoms with Gasteiger partial charge < -0.3 is 20.1 Å². The molecule has 2 N–H and O–H groups in total. The molecule has 0 spiro atoms. The zero-order valence-corrected chi connectivity index (χ0v) is 10.3. The molecular formula is C12H19N3O2. The Bertz CT molecular complexity index is 359. The molecule has 0 amide bonds. The van der Waals surface area contributed by atoms with Gasteiger partial charge in [-0.3, -0.25) is 0 Å². The van der Waals surface area contributed by atoms with Gasteiger partial charge in [0.15, 0.2) is 11.6 Å². The van der Waals surface area contributed by atoms with Gasteiger partial charge in [-0.1, -0.05) is 0 Å². The van der Waals surface area contributed by atoms with Gasteiger partial charge in [-0.15, -0.1) is 0 Å². The Morgan fingerprint density at radius 3 is 3.18 bits per heavy atom. The summed E-state index contributed by atoms with van der Waals surface area (Å²) in [5.41, 5.74) is 0. The fourth-order valence-electron chi connectivity index (χ4n) is 1.99. The van der Waals surface area contributed by atoms with Crippen LogP contribution >= 0.6 is 0 Å². The van der Waals surface area contributed by atoms with E-state index in [2.05, 4.69) is 15.6 Å². The molecule has 5 heteroatoms. The van der Waals surface area contributed by atoms with Crippen LogP contribution in [0.5, 0.6) is 5.75 Å². The smallest absolute Gasteiger partial charge is 0.169 e. The molecule has 2 rings (SSSR count). The molecule has 17 heavy (non-hydrogen) atoms. The minimum atomic E-state index is 0.173. The number of nitrogens with zero attached hydrogens (tertiary/aromatic N) is 1. The number of aromatic nitrogens is 1. The van der Waals surface area contributed by atoms with E-state index in [-0.39, 0.29) is 12.1 Å². The average molecular weight is 237 g/mol. The molecule has 0 bridgehead atoms. The van der Waals surface area contributed by atoms with E-state index in [1.165, 1.54) is 0 Å². The van der Waals surface area contributed by atoms with E-state index in [0.717, 1.165) is 24.7 Å². The highest BCUT2D eigenvalue weighted by molar-refractivity contribution is 5.50. The third-order valence-electron chi connectivity index (χ3n) is 2.85. The van der Waals surface area contributed by atoms with Crippen LogP contribution in [0.1, 0.15) is 6.92 Å². The van der Waals surface area contributed by atoms with Crippen molar-refractivity contribution in [2.75, 3.05) is 32.1 Å².